The summed E-state index contributed by atoms with van der Waals surface area (Å²) >= 11 is 0. The molecular formula is C17H20N4O3. The molecule has 3 N–H and O–H groups in total. The van der Waals surface area contributed by atoms with Gasteiger partial charge in [-0.3, -0.25) is 19.7 Å². The highest BCUT2D eigenvalue weighted by atomic mass is 16.2. The number of piperidine rings is 1. The van der Waals surface area contributed by atoms with Crippen molar-refractivity contribution in [2.75, 3.05) is 18.0 Å². The highest BCUT2D eigenvalue weighted by Gasteiger charge is 2.39. The van der Waals surface area contributed by atoms with Gasteiger partial charge in [-0.25, -0.2) is 0 Å². The molecule has 1 unspecified atom stereocenters. The minimum atomic E-state index is -0.564. The van der Waals surface area contributed by atoms with Crippen LogP contribution in [0.25, 0.3) is 0 Å². The number of benzene rings is 1. The Morgan fingerprint density at radius 1 is 1.17 bits per heavy atom. The van der Waals surface area contributed by atoms with Gasteiger partial charge in [-0.15, -0.1) is 0 Å². The fraction of sp³-hybridized carbons (Fsp3) is 0.471. The number of imide groups is 1. The first-order chi connectivity index (χ1) is 11.5. The summed E-state index contributed by atoms with van der Waals surface area (Å²) in [6, 6.07) is 5.44. The lowest BCUT2D eigenvalue weighted by atomic mass is 10.0. The second kappa shape index (κ2) is 5.59. The number of fused-ring (bicyclic) bond motifs is 1. The van der Waals surface area contributed by atoms with Crippen molar-refractivity contribution in [3.05, 3.63) is 29.3 Å². The number of hydrogen-bond donors (Lipinski definition) is 2. The number of hydrogen-bond acceptors (Lipinski definition) is 5. The predicted octanol–water partition coefficient (Wildman–Crippen LogP) is -0.0150. The zero-order valence-corrected chi connectivity index (χ0v) is 13.3. The molecule has 1 aromatic rings. The van der Waals surface area contributed by atoms with Gasteiger partial charge in [0.05, 0.1) is 0 Å². The van der Waals surface area contributed by atoms with E-state index < -0.39 is 6.04 Å². The number of anilines is 1. The molecule has 3 aliphatic rings. The molecule has 0 spiro atoms. The Morgan fingerprint density at radius 2 is 2.00 bits per heavy atom. The molecule has 3 heterocycles. The van der Waals surface area contributed by atoms with Crippen molar-refractivity contribution in [2.45, 2.75) is 37.9 Å². The van der Waals surface area contributed by atoms with E-state index >= 15 is 0 Å². The largest absolute Gasteiger partial charge is 0.370 e. The molecule has 2 saturated heterocycles. The molecule has 0 aliphatic carbocycles. The van der Waals surface area contributed by atoms with Gasteiger partial charge in [0, 0.05) is 43.3 Å². The Labute approximate surface area is 139 Å². The third kappa shape index (κ3) is 2.45. The average molecular weight is 328 g/mol. The number of nitrogens with zero attached hydrogens (tertiary/aromatic N) is 2. The van der Waals surface area contributed by atoms with Gasteiger partial charge in [0.2, 0.25) is 11.8 Å². The first kappa shape index (κ1) is 15.1. The van der Waals surface area contributed by atoms with Gasteiger partial charge in [0.25, 0.3) is 5.91 Å². The van der Waals surface area contributed by atoms with Crippen LogP contribution in [0.4, 0.5) is 5.69 Å². The van der Waals surface area contributed by atoms with E-state index in [1.54, 1.807) is 4.90 Å². The Balaban J connectivity index is 1.56. The Kier molecular flexibility index (Phi) is 3.53. The Morgan fingerprint density at radius 3 is 2.71 bits per heavy atom. The Bertz CT molecular complexity index is 733. The lowest BCUT2D eigenvalue weighted by Gasteiger charge is -2.29. The highest BCUT2D eigenvalue weighted by Crippen LogP contribution is 2.31. The maximum atomic E-state index is 12.6. The number of rotatable bonds is 2. The SMILES string of the molecule is N[C@H]1CCN(c2ccc3c(c2)CN(C2CCC(=O)NC2=O)C3=O)C1. The summed E-state index contributed by atoms with van der Waals surface area (Å²) in [5.74, 6) is -0.782. The Hall–Kier alpha value is -2.41. The van der Waals surface area contributed by atoms with Crippen LogP contribution in [0.5, 0.6) is 0 Å². The van der Waals surface area contributed by atoms with Crippen LogP contribution in [0.15, 0.2) is 18.2 Å². The normalized spacial score (nSPS) is 26.8. The van der Waals surface area contributed by atoms with Crippen LogP contribution in [0.3, 0.4) is 0 Å². The zero-order valence-electron chi connectivity index (χ0n) is 13.3. The van der Waals surface area contributed by atoms with E-state index in [0.29, 0.717) is 18.5 Å². The molecule has 0 radical (unpaired) electrons. The lowest BCUT2D eigenvalue weighted by molar-refractivity contribution is -0.136. The molecule has 2 atom stereocenters. The minimum absolute atomic E-state index is 0.135. The summed E-state index contributed by atoms with van der Waals surface area (Å²) in [5.41, 5.74) is 8.61. The van der Waals surface area contributed by atoms with Crippen LogP contribution >= 0.6 is 0 Å². The maximum absolute atomic E-state index is 12.6. The summed E-state index contributed by atoms with van der Waals surface area (Å²) < 4.78 is 0. The summed E-state index contributed by atoms with van der Waals surface area (Å²) in [4.78, 5) is 39.8. The molecule has 24 heavy (non-hydrogen) atoms. The van der Waals surface area contributed by atoms with Crippen LogP contribution in [0.1, 0.15) is 35.2 Å². The van der Waals surface area contributed by atoms with Crippen LogP contribution in [-0.4, -0.2) is 47.8 Å². The van der Waals surface area contributed by atoms with Crippen molar-refractivity contribution >= 4 is 23.4 Å². The van der Waals surface area contributed by atoms with Gasteiger partial charge in [0.1, 0.15) is 6.04 Å². The molecule has 3 aliphatic heterocycles. The van der Waals surface area contributed by atoms with Crippen molar-refractivity contribution in [3.8, 4) is 0 Å². The van der Waals surface area contributed by atoms with Gasteiger partial charge < -0.3 is 15.5 Å². The van der Waals surface area contributed by atoms with Crippen molar-refractivity contribution in [2.24, 2.45) is 5.73 Å². The number of nitrogens with two attached hydrogens (primary N) is 1. The minimum Gasteiger partial charge on any atom is -0.370 e. The summed E-state index contributed by atoms with van der Waals surface area (Å²) in [6.45, 7) is 2.16. The molecule has 0 saturated carbocycles. The molecule has 4 rings (SSSR count). The fourth-order valence-electron chi connectivity index (χ4n) is 3.78. The van der Waals surface area contributed by atoms with E-state index in [-0.39, 0.29) is 30.2 Å². The second-order valence-corrected chi connectivity index (χ2v) is 6.74. The molecule has 0 bridgehead atoms. The van der Waals surface area contributed by atoms with Crippen LogP contribution in [-0.2, 0) is 16.1 Å². The maximum Gasteiger partial charge on any atom is 0.255 e. The van der Waals surface area contributed by atoms with Crippen molar-refractivity contribution in [3.63, 3.8) is 0 Å². The van der Waals surface area contributed by atoms with Crippen molar-refractivity contribution in [1.29, 1.82) is 0 Å². The number of amides is 3. The topological polar surface area (TPSA) is 95.7 Å². The summed E-state index contributed by atoms with van der Waals surface area (Å²) in [5, 5.41) is 2.32. The number of nitrogens with one attached hydrogen (secondary N) is 1. The van der Waals surface area contributed by atoms with Crippen LogP contribution in [0.2, 0.25) is 0 Å². The average Bonchev–Trinajstić information content (AvgIpc) is 3.11. The van der Waals surface area contributed by atoms with E-state index in [0.717, 1.165) is 30.8 Å². The monoisotopic (exact) mass is 328 g/mol. The van der Waals surface area contributed by atoms with E-state index in [4.69, 9.17) is 5.73 Å². The van der Waals surface area contributed by atoms with Crippen LogP contribution < -0.4 is 16.0 Å². The second-order valence-electron chi connectivity index (χ2n) is 6.74. The summed E-state index contributed by atoms with van der Waals surface area (Å²) in [6.07, 6.45) is 1.63. The molecule has 3 amide bonds. The van der Waals surface area contributed by atoms with E-state index in [2.05, 4.69) is 10.2 Å². The van der Waals surface area contributed by atoms with E-state index in [1.165, 1.54) is 0 Å². The van der Waals surface area contributed by atoms with Gasteiger partial charge in [-0.1, -0.05) is 0 Å². The number of carbonyl (C=O) groups excluding carboxylic acids is 3. The molecule has 0 aromatic heterocycles. The molecular weight excluding hydrogens is 308 g/mol. The molecule has 126 valence electrons. The van der Waals surface area contributed by atoms with Crippen molar-refractivity contribution < 1.29 is 14.4 Å². The lowest BCUT2D eigenvalue weighted by Crippen LogP contribution is -2.52. The number of carbonyl (C=O) groups is 3. The predicted molar refractivity (Wildman–Crippen MR) is 87.3 cm³/mol. The van der Waals surface area contributed by atoms with Gasteiger partial charge in [-0.2, -0.15) is 0 Å². The standard InChI is InChI=1S/C17H20N4O3/c18-11-5-6-20(9-11)12-1-2-13-10(7-12)8-21(17(13)24)14-3-4-15(22)19-16(14)23/h1-2,7,11,14H,3-6,8-9,18H2,(H,19,22,23)/t11-,14?/m0/s1. The molecule has 1 aromatic carbocycles. The fourth-order valence-corrected chi connectivity index (χ4v) is 3.78. The van der Waals surface area contributed by atoms with E-state index in [1.807, 2.05) is 18.2 Å². The van der Waals surface area contributed by atoms with Crippen molar-refractivity contribution in [1.82, 2.24) is 10.2 Å². The third-order valence-electron chi connectivity index (χ3n) is 5.10. The first-order valence-corrected chi connectivity index (χ1v) is 8.31. The zero-order chi connectivity index (χ0) is 16.8. The van der Waals surface area contributed by atoms with Gasteiger partial charge in [0.15, 0.2) is 0 Å². The van der Waals surface area contributed by atoms with Gasteiger partial charge in [-0.05, 0) is 36.6 Å². The smallest absolute Gasteiger partial charge is 0.255 e. The van der Waals surface area contributed by atoms with Crippen LogP contribution in [0, 0.1) is 0 Å². The summed E-state index contributed by atoms with van der Waals surface area (Å²) in [7, 11) is 0. The third-order valence-corrected chi connectivity index (χ3v) is 5.10. The molecule has 7 nitrogen and oxygen atoms in total. The van der Waals surface area contributed by atoms with E-state index in [9.17, 15) is 14.4 Å². The molecule has 7 heteroatoms. The highest BCUT2D eigenvalue weighted by molar-refractivity contribution is 6.05. The molecule has 2 fully saturated rings. The quantitative estimate of drug-likeness (QED) is 0.744. The first-order valence-electron chi connectivity index (χ1n) is 8.31. The van der Waals surface area contributed by atoms with Gasteiger partial charge >= 0.3 is 0 Å².